The Balaban J connectivity index is 2.10. The van der Waals surface area contributed by atoms with Crippen LogP contribution in [0.5, 0.6) is 0 Å². The molecule has 20 heavy (non-hydrogen) atoms. The van der Waals surface area contributed by atoms with Crippen LogP contribution < -0.4 is 5.73 Å². The van der Waals surface area contributed by atoms with Crippen molar-refractivity contribution < 1.29 is 19.3 Å². The van der Waals surface area contributed by atoms with Crippen molar-refractivity contribution in [2.24, 2.45) is 0 Å². The average molecular weight is 303 g/mol. The van der Waals surface area contributed by atoms with Crippen molar-refractivity contribution in [2.75, 3.05) is 12.3 Å². The normalized spacial score (nSPS) is 30.2. The van der Waals surface area contributed by atoms with Crippen LogP contribution in [-0.2, 0) is 4.74 Å². The highest BCUT2D eigenvalue weighted by Gasteiger charge is 2.45. The molecule has 0 bridgehead atoms. The number of rotatable bonds is 2. The lowest BCUT2D eigenvalue weighted by molar-refractivity contribution is -0.0492. The van der Waals surface area contributed by atoms with Gasteiger partial charge in [0.15, 0.2) is 12.4 Å². The Hall–Kier alpha value is -1.48. The van der Waals surface area contributed by atoms with Gasteiger partial charge in [0.1, 0.15) is 30.0 Å². The molecule has 1 saturated heterocycles. The summed E-state index contributed by atoms with van der Waals surface area (Å²) in [6, 6.07) is 0. The van der Waals surface area contributed by atoms with E-state index in [2.05, 4.69) is 9.97 Å². The molecule has 9 heteroatoms. The van der Waals surface area contributed by atoms with Gasteiger partial charge in [-0.15, -0.1) is 0 Å². The third-order valence-electron chi connectivity index (χ3n) is 3.33. The number of alkyl halides is 1. The number of fused-ring (bicyclic) bond motifs is 1. The van der Waals surface area contributed by atoms with Crippen LogP contribution in [0.25, 0.3) is 11.0 Å². The van der Waals surface area contributed by atoms with Gasteiger partial charge in [-0.2, -0.15) is 0 Å². The Morgan fingerprint density at radius 2 is 2.25 bits per heavy atom. The number of ether oxygens (including phenoxy) is 1. The van der Waals surface area contributed by atoms with Crippen LogP contribution >= 0.6 is 11.6 Å². The van der Waals surface area contributed by atoms with Crippen LogP contribution in [0, 0.1) is 0 Å². The maximum Gasteiger partial charge on any atom is 0.164 e. The van der Waals surface area contributed by atoms with Crippen LogP contribution in [0.4, 0.5) is 10.2 Å². The number of aliphatic hydroxyl groups is 2. The van der Waals surface area contributed by atoms with E-state index in [1.54, 1.807) is 0 Å². The van der Waals surface area contributed by atoms with E-state index < -0.39 is 31.2 Å². The van der Waals surface area contributed by atoms with E-state index in [0.29, 0.717) is 11.0 Å². The third kappa shape index (κ3) is 1.84. The SMILES string of the molecule is Nc1ncnc2c1c(Cl)cn2[C@@H]1O[C@H](CO)[C@@H](F)[C@H]1O. The Bertz CT molecular complexity index is 652. The van der Waals surface area contributed by atoms with Gasteiger partial charge in [-0.3, -0.25) is 0 Å². The van der Waals surface area contributed by atoms with Crippen LogP contribution in [0.15, 0.2) is 12.5 Å². The Kier molecular flexibility index (Phi) is 3.25. The fourth-order valence-electron chi connectivity index (χ4n) is 2.34. The minimum absolute atomic E-state index is 0.182. The van der Waals surface area contributed by atoms with Crippen molar-refractivity contribution in [3.63, 3.8) is 0 Å². The number of nitrogens with zero attached hydrogens (tertiary/aromatic N) is 3. The van der Waals surface area contributed by atoms with E-state index in [1.165, 1.54) is 17.1 Å². The predicted molar refractivity (Wildman–Crippen MR) is 68.8 cm³/mol. The van der Waals surface area contributed by atoms with E-state index in [0.717, 1.165) is 0 Å². The summed E-state index contributed by atoms with van der Waals surface area (Å²) in [6.45, 7) is -0.529. The smallest absolute Gasteiger partial charge is 0.164 e. The first-order valence-electron chi connectivity index (χ1n) is 5.89. The molecular weight excluding hydrogens is 291 g/mol. The fraction of sp³-hybridized carbons (Fsp3) is 0.455. The quantitative estimate of drug-likeness (QED) is 0.734. The van der Waals surface area contributed by atoms with E-state index in [1.807, 2.05) is 0 Å². The van der Waals surface area contributed by atoms with Gasteiger partial charge >= 0.3 is 0 Å². The molecule has 1 aliphatic rings. The lowest BCUT2D eigenvalue weighted by Crippen LogP contribution is -2.29. The Labute approximate surface area is 117 Å². The van der Waals surface area contributed by atoms with Crippen molar-refractivity contribution in [3.05, 3.63) is 17.5 Å². The Morgan fingerprint density at radius 1 is 1.50 bits per heavy atom. The van der Waals surface area contributed by atoms with Gasteiger partial charge in [0.25, 0.3) is 0 Å². The second-order valence-corrected chi connectivity index (χ2v) is 4.93. The van der Waals surface area contributed by atoms with Crippen molar-refractivity contribution in [2.45, 2.75) is 24.6 Å². The molecule has 0 aromatic carbocycles. The molecule has 0 unspecified atom stereocenters. The van der Waals surface area contributed by atoms with Gasteiger partial charge in [-0.05, 0) is 0 Å². The standard InChI is InChI=1S/C11H12ClFN4O3/c12-4-1-17(10-6(4)9(14)15-3-16-10)11-8(19)7(13)5(2-18)20-11/h1,3,5,7-8,11,18-19H,2H2,(H2,14,15,16)/t5-,7-,8-,11-/m1/s1. The molecule has 4 atom stereocenters. The molecular formula is C11H12ClFN4O3. The maximum atomic E-state index is 13.8. The number of aliphatic hydroxyl groups excluding tert-OH is 2. The molecule has 0 amide bonds. The minimum Gasteiger partial charge on any atom is -0.394 e. The molecule has 0 aliphatic carbocycles. The summed E-state index contributed by atoms with van der Waals surface area (Å²) >= 11 is 6.05. The summed E-state index contributed by atoms with van der Waals surface area (Å²) in [5.74, 6) is 0.182. The van der Waals surface area contributed by atoms with Gasteiger partial charge in [-0.25, -0.2) is 14.4 Å². The monoisotopic (exact) mass is 302 g/mol. The second kappa shape index (κ2) is 4.81. The molecule has 1 fully saturated rings. The lowest BCUT2D eigenvalue weighted by Gasteiger charge is -2.16. The molecule has 0 saturated carbocycles. The average Bonchev–Trinajstić information content (AvgIpc) is 2.90. The first-order chi connectivity index (χ1) is 9.54. The summed E-state index contributed by atoms with van der Waals surface area (Å²) in [5, 5.41) is 19.6. The lowest BCUT2D eigenvalue weighted by atomic mass is 10.1. The van der Waals surface area contributed by atoms with Crippen LogP contribution in [-0.4, -0.2) is 49.7 Å². The van der Waals surface area contributed by atoms with Gasteiger partial charge in [0, 0.05) is 6.20 Å². The Morgan fingerprint density at radius 3 is 2.90 bits per heavy atom. The largest absolute Gasteiger partial charge is 0.394 e. The zero-order valence-electron chi connectivity index (χ0n) is 10.1. The summed E-state index contributed by atoms with van der Waals surface area (Å²) in [5.41, 5.74) is 6.05. The van der Waals surface area contributed by atoms with Crippen molar-refractivity contribution >= 4 is 28.5 Å². The molecule has 7 nitrogen and oxygen atoms in total. The number of nitrogen functional groups attached to an aromatic ring is 1. The van der Waals surface area contributed by atoms with Crippen molar-refractivity contribution in [1.29, 1.82) is 0 Å². The highest BCUT2D eigenvalue weighted by molar-refractivity contribution is 6.36. The van der Waals surface area contributed by atoms with Gasteiger partial charge in [0.2, 0.25) is 0 Å². The molecule has 2 aromatic rings. The van der Waals surface area contributed by atoms with E-state index in [9.17, 15) is 9.50 Å². The molecule has 1 aliphatic heterocycles. The van der Waals surface area contributed by atoms with Gasteiger partial charge in [-0.1, -0.05) is 11.6 Å². The van der Waals surface area contributed by atoms with Crippen LogP contribution in [0.3, 0.4) is 0 Å². The zero-order chi connectivity index (χ0) is 14.4. The fourth-order valence-corrected chi connectivity index (χ4v) is 2.63. The first kappa shape index (κ1) is 13.5. The number of nitrogens with two attached hydrogens (primary N) is 1. The predicted octanol–water partition coefficient (Wildman–Crippen LogP) is 0.256. The highest BCUT2D eigenvalue weighted by Crippen LogP contribution is 2.36. The summed E-state index contributed by atoms with van der Waals surface area (Å²) in [4.78, 5) is 7.85. The van der Waals surface area contributed by atoms with Crippen LogP contribution in [0.1, 0.15) is 6.23 Å². The van der Waals surface area contributed by atoms with Crippen molar-refractivity contribution in [3.8, 4) is 0 Å². The molecule has 0 radical (unpaired) electrons. The summed E-state index contributed by atoms with van der Waals surface area (Å²) < 4.78 is 20.5. The summed E-state index contributed by atoms with van der Waals surface area (Å²) in [6.07, 6.45) is -2.58. The van der Waals surface area contributed by atoms with E-state index in [4.69, 9.17) is 27.2 Å². The molecule has 4 N–H and O–H groups in total. The number of hydrogen-bond donors (Lipinski definition) is 3. The van der Waals surface area contributed by atoms with E-state index in [-0.39, 0.29) is 10.8 Å². The number of aromatic nitrogens is 3. The first-order valence-corrected chi connectivity index (χ1v) is 6.27. The molecule has 108 valence electrons. The van der Waals surface area contributed by atoms with Gasteiger partial charge < -0.3 is 25.3 Å². The van der Waals surface area contributed by atoms with Gasteiger partial charge in [0.05, 0.1) is 17.0 Å². The van der Waals surface area contributed by atoms with Crippen LogP contribution in [0.2, 0.25) is 5.02 Å². The molecule has 2 aromatic heterocycles. The zero-order valence-corrected chi connectivity index (χ0v) is 10.9. The topological polar surface area (TPSA) is 106 Å². The molecule has 3 rings (SSSR count). The number of halogens is 2. The summed E-state index contributed by atoms with van der Waals surface area (Å²) in [7, 11) is 0. The minimum atomic E-state index is -1.69. The number of anilines is 1. The highest BCUT2D eigenvalue weighted by atomic mass is 35.5. The van der Waals surface area contributed by atoms with E-state index >= 15 is 0 Å². The second-order valence-electron chi connectivity index (χ2n) is 4.52. The third-order valence-corrected chi connectivity index (χ3v) is 3.62. The van der Waals surface area contributed by atoms with Crippen molar-refractivity contribution in [1.82, 2.24) is 14.5 Å². The maximum absolute atomic E-state index is 13.8. The number of hydrogen-bond acceptors (Lipinski definition) is 6. The molecule has 3 heterocycles. The molecule has 0 spiro atoms.